The molecule has 0 heterocycles. The quantitative estimate of drug-likeness (QED) is 0.0328. The fourth-order valence-corrected chi connectivity index (χ4v) is 6.87. The first-order chi connectivity index (χ1) is 26.0. The van der Waals surface area contributed by atoms with Gasteiger partial charge in [0, 0.05) is 12.8 Å². The van der Waals surface area contributed by atoms with Gasteiger partial charge in [-0.2, -0.15) is 0 Å². The Hall–Kier alpha value is -1.66. The van der Waals surface area contributed by atoms with E-state index in [-0.39, 0.29) is 18.5 Å². The fourth-order valence-electron chi connectivity index (χ4n) is 6.87. The lowest BCUT2D eigenvalue weighted by molar-refractivity contribution is -0.143. The number of aliphatic hydroxyl groups excluding tert-OH is 2. The highest BCUT2D eigenvalue weighted by molar-refractivity contribution is 5.76. The van der Waals surface area contributed by atoms with Crippen LogP contribution in [0.3, 0.4) is 0 Å². The van der Waals surface area contributed by atoms with E-state index in [2.05, 4.69) is 31.3 Å². The van der Waals surface area contributed by atoms with Crippen molar-refractivity contribution in [2.24, 2.45) is 0 Å². The van der Waals surface area contributed by atoms with Gasteiger partial charge < -0.3 is 20.3 Å². The van der Waals surface area contributed by atoms with Gasteiger partial charge in [-0.1, -0.05) is 199 Å². The first-order valence-corrected chi connectivity index (χ1v) is 23.1. The molecule has 0 saturated heterocycles. The van der Waals surface area contributed by atoms with Gasteiger partial charge in [-0.05, 0) is 51.4 Å². The molecule has 6 heteroatoms. The number of rotatable bonds is 42. The lowest BCUT2D eigenvalue weighted by Crippen LogP contribution is -2.45. The van der Waals surface area contributed by atoms with Crippen LogP contribution < -0.4 is 5.32 Å². The zero-order chi connectivity index (χ0) is 38.7. The molecular weight excluding hydrogens is 659 g/mol. The van der Waals surface area contributed by atoms with Crippen molar-refractivity contribution < 1.29 is 24.5 Å². The number of ether oxygens (including phenoxy) is 1. The minimum atomic E-state index is -0.872. The largest absolute Gasteiger partial charge is 0.466 e. The van der Waals surface area contributed by atoms with Gasteiger partial charge in [0.2, 0.25) is 5.91 Å². The average molecular weight is 748 g/mol. The van der Waals surface area contributed by atoms with E-state index < -0.39 is 12.1 Å². The van der Waals surface area contributed by atoms with E-state index >= 15 is 0 Å². The third-order valence-electron chi connectivity index (χ3n) is 10.5. The van der Waals surface area contributed by atoms with Crippen molar-refractivity contribution in [3.63, 3.8) is 0 Å². The van der Waals surface area contributed by atoms with Crippen LogP contribution in [0.2, 0.25) is 0 Å². The Kier molecular flexibility index (Phi) is 41.7. The Labute approximate surface area is 329 Å². The maximum atomic E-state index is 12.3. The zero-order valence-corrected chi connectivity index (χ0v) is 35.2. The highest BCUT2D eigenvalue weighted by atomic mass is 16.5. The molecule has 0 radical (unpaired) electrons. The molecule has 0 aromatic rings. The maximum absolute atomic E-state index is 12.3. The van der Waals surface area contributed by atoms with Crippen molar-refractivity contribution in [3.05, 3.63) is 24.3 Å². The number of aliphatic hydroxyl groups is 2. The number of amides is 1. The zero-order valence-electron chi connectivity index (χ0n) is 35.2. The fraction of sp³-hybridized carbons (Fsp3) is 0.872. The highest BCUT2D eigenvalue weighted by Gasteiger charge is 2.17. The molecule has 0 fully saturated rings. The number of nitrogens with one attached hydrogen (secondary N) is 1. The van der Waals surface area contributed by atoms with Gasteiger partial charge in [-0.25, -0.2) is 0 Å². The summed E-state index contributed by atoms with van der Waals surface area (Å²) in [7, 11) is 0. The molecule has 2 atom stereocenters. The van der Waals surface area contributed by atoms with Crippen LogP contribution in [0, 0.1) is 0 Å². The first-order valence-electron chi connectivity index (χ1n) is 23.1. The molecule has 0 rings (SSSR count). The van der Waals surface area contributed by atoms with Crippen LogP contribution in [0.25, 0.3) is 0 Å². The van der Waals surface area contributed by atoms with Gasteiger partial charge in [0.05, 0.1) is 25.4 Å². The highest BCUT2D eigenvalue weighted by Crippen LogP contribution is 2.15. The SMILES string of the molecule is CCCCCCCCC/C=C/C(O)C(CO)NC(=O)CCC/C=C\CCCCCCOC(=O)CCCCCCCCCCCCCCCCCCCC. The van der Waals surface area contributed by atoms with Gasteiger partial charge in [0.1, 0.15) is 0 Å². The molecule has 0 aromatic heterocycles. The number of esters is 1. The van der Waals surface area contributed by atoms with E-state index in [0.29, 0.717) is 19.4 Å². The summed E-state index contributed by atoms with van der Waals surface area (Å²) in [6, 6.07) is -0.662. The van der Waals surface area contributed by atoms with Gasteiger partial charge in [0.25, 0.3) is 0 Å². The van der Waals surface area contributed by atoms with E-state index in [9.17, 15) is 19.8 Å². The minimum absolute atomic E-state index is 0.0351. The molecule has 0 saturated carbocycles. The van der Waals surface area contributed by atoms with Crippen LogP contribution in [0.15, 0.2) is 24.3 Å². The van der Waals surface area contributed by atoms with Gasteiger partial charge in [-0.3, -0.25) is 9.59 Å². The normalized spacial score (nSPS) is 12.9. The third-order valence-corrected chi connectivity index (χ3v) is 10.5. The molecule has 0 aliphatic heterocycles. The van der Waals surface area contributed by atoms with Crippen molar-refractivity contribution in [3.8, 4) is 0 Å². The molecule has 0 bridgehead atoms. The van der Waals surface area contributed by atoms with Crippen molar-refractivity contribution in [1.82, 2.24) is 5.32 Å². The average Bonchev–Trinajstić information content (AvgIpc) is 3.16. The lowest BCUT2D eigenvalue weighted by atomic mass is 10.0. The predicted octanol–water partition coefficient (Wildman–Crippen LogP) is 13.2. The van der Waals surface area contributed by atoms with Crippen LogP contribution in [-0.4, -0.2) is 47.4 Å². The number of hydrogen-bond acceptors (Lipinski definition) is 5. The van der Waals surface area contributed by atoms with Gasteiger partial charge in [-0.15, -0.1) is 0 Å². The molecule has 3 N–H and O–H groups in total. The summed E-state index contributed by atoms with van der Waals surface area (Å²) in [4.78, 5) is 24.3. The molecule has 312 valence electrons. The van der Waals surface area contributed by atoms with Crippen LogP contribution in [0.4, 0.5) is 0 Å². The Morgan fingerprint density at radius 1 is 0.509 bits per heavy atom. The Morgan fingerprint density at radius 3 is 1.38 bits per heavy atom. The van der Waals surface area contributed by atoms with Crippen molar-refractivity contribution in [2.75, 3.05) is 13.2 Å². The molecular formula is C47H89NO5. The molecule has 1 amide bonds. The monoisotopic (exact) mass is 748 g/mol. The van der Waals surface area contributed by atoms with Crippen LogP contribution in [0.5, 0.6) is 0 Å². The molecule has 6 nitrogen and oxygen atoms in total. The summed E-state index contributed by atoms with van der Waals surface area (Å²) in [5.74, 6) is -0.167. The first kappa shape index (κ1) is 51.3. The minimum Gasteiger partial charge on any atom is -0.466 e. The van der Waals surface area contributed by atoms with Gasteiger partial charge in [0.15, 0.2) is 0 Å². The van der Waals surface area contributed by atoms with E-state index in [1.54, 1.807) is 6.08 Å². The second-order valence-corrected chi connectivity index (χ2v) is 15.7. The molecule has 2 unspecified atom stereocenters. The molecule has 0 spiro atoms. The maximum Gasteiger partial charge on any atom is 0.305 e. The van der Waals surface area contributed by atoms with E-state index in [0.717, 1.165) is 70.6 Å². The number of carbonyl (C=O) groups excluding carboxylic acids is 2. The summed E-state index contributed by atoms with van der Waals surface area (Å²) in [5, 5.41) is 22.8. The second kappa shape index (κ2) is 43.1. The molecule has 0 aromatic carbocycles. The van der Waals surface area contributed by atoms with Gasteiger partial charge >= 0.3 is 5.97 Å². The van der Waals surface area contributed by atoms with Crippen molar-refractivity contribution >= 4 is 11.9 Å². The predicted molar refractivity (Wildman–Crippen MR) is 227 cm³/mol. The second-order valence-electron chi connectivity index (χ2n) is 15.7. The van der Waals surface area contributed by atoms with E-state index in [4.69, 9.17) is 4.74 Å². The number of hydrogen-bond donors (Lipinski definition) is 3. The Bertz CT molecular complexity index is 828. The summed E-state index contributed by atoms with van der Waals surface area (Å²) in [6.45, 7) is 4.77. The summed E-state index contributed by atoms with van der Waals surface area (Å²) in [5.41, 5.74) is 0. The molecule has 0 aliphatic rings. The topological polar surface area (TPSA) is 95.9 Å². The summed E-state index contributed by atoms with van der Waals surface area (Å²) >= 11 is 0. The molecule has 0 aliphatic carbocycles. The number of carbonyl (C=O) groups is 2. The van der Waals surface area contributed by atoms with Crippen LogP contribution in [-0.2, 0) is 14.3 Å². The van der Waals surface area contributed by atoms with Crippen molar-refractivity contribution in [1.29, 1.82) is 0 Å². The third kappa shape index (κ3) is 39.8. The Morgan fingerprint density at radius 2 is 0.906 bits per heavy atom. The Balaban J connectivity index is 3.51. The smallest absolute Gasteiger partial charge is 0.305 e. The molecule has 53 heavy (non-hydrogen) atoms. The standard InChI is InChI=1S/C47H89NO5/c1-3-5-7-9-11-13-14-15-16-17-18-19-20-21-25-29-33-37-41-47(52)53-42-38-34-30-26-22-24-28-32-36-40-46(51)48-44(43-49)45(50)39-35-31-27-23-12-10-8-6-4-2/h24,28,35,39,44-45,49-50H,3-23,25-27,29-34,36-38,40-43H2,1-2H3,(H,48,51)/b28-24-,39-35+. The number of allylic oxidation sites excluding steroid dienone is 3. The summed E-state index contributed by atoms with van der Waals surface area (Å²) in [6.07, 6.45) is 49.0. The summed E-state index contributed by atoms with van der Waals surface area (Å²) < 4.78 is 5.44. The van der Waals surface area contributed by atoms with Crippen molar-refractivity contribution in [2.45, 2.75) is 251 Å². The van der Waals surface area contributed by atoms with E-state index in [1.165, 1.54) is 141 Å². The van der Waals surface area contributed by atoms with E-state index in [1.807, 2.05) is 6.08 Å². The van der Waals surface area contributed by atoms with Crippen LogP contribution in [0.1, 0.15) is 239 Å². The van der Waals surface area contributed by atoms with Crippen LogP contribution >= 0.6 is 0 Å². The lowest BCUT2D eigenvalue weighted by Gasteiger charge is -2.19. The number of unbranched alkanes of at least 4 members (excludes halogenated alkanes) is 29.